The largest absolute Gasteiger partial charge is 0.340 e. The van der Waals surface area contributed by atoms with Crippen LogP contribution < -0.4 is 0 Å². The third-order valence-corrected chi connectivity index (χ3v) is 1.96. The van der Waals surface area contributed by atoms with Gasteiger partial charge < -0.3 is 4.90 Å². The fourth-order valence-electron chi connectivity index (χ4n) is 1.40. The molecule has 1 rings (SSSR count). The number of likely N-dealkylation sites (tertiary alicyclic amines) is 1. The topological polar surface area (TPSA) is 20.3 Å². The Balaban J connectivity index is 0. The summed E-state index contributed by atoms with van der Waals surface area (Å²) in [5.41, 5.74) is 0. The van der Waals surface area contributed by atoms with E-state index in [4.69, 9.17) is 0 Å². The van der Waals surface area contributed by atoms with Crippen molar-refractivity contribution in [2.45, 2.75) is 60.4 Å². The van der Waals surface area contributed by atoms with E-state index in [0.29, 0.717) is 6.04 Å². The molecule has 0 spiro atoms. The van der Waals surface area contributed by atoms with E-state index in [1.807, 2.05) is 32.6 Å². The summed E-state index contributed by atoms with van der Waals surface area (Å²) in [5.74, 6) is 0.222. The summed E-state index contributed by atoms with van der Waals surface area (Å²) in [6.45, 7) is 12.7. The second-order valence-corrected chi connectivity index (χ2v) is 2.70. The Morgan fingerprint density at radius 2 is 1.69 bits per heavy atom. The van der Waals surface area contributed by atoms with Crippen LogP contribution in [0.4, 0.5) is 0 Å². The molecule has 1 unspecified atom stereocenters. The van der Waals surface area contributed by atoms with Crippen LogP contribution in [-0.2, 0) is 4.79 Å². The van der Waals surface area contributed by atoms with Crippen molar-refractivity contribution in [2.24, 2.45) is 0 Å². The lowest BCUT2D eigenvalue weighted by Gasteiger charge is -2.18. The molecule has 2 heteroatoms. The zero-order valence-electron chi connectivity index (χ0n) is 10.1. The Labute approximate surface area is 83.3 Å². The fourth-order valence-corrected chi connectivity index (χ4v) is 1.40. The van der Waals surface area contributed by atoms with E-state index in [0.717, 1.165) is 6.54 Å². The summed E-state index contributed by atoms with van der Waals surface area (Å²) in [7, 11) is 0. The maximum atomic E-state index is 10.8. The lowest BCUT2D eigenvalue weighted by atomic mass is 10.2. The van der Waals surface area contributed by atoms with Gasteiger partial charge in [0, 0.05) is 19.5 Å². The lowest BCUT2D eigenvalue weighted by Crippen LogP contribution is -2.31. The Hall–Kier alpha value is -0.530. The number of rotatable bonds is 0. The molecule has 0 aromatic carbocycles. The lowest BCUT2D eigenvalue weighted by molar-refractivity contribution is -0.129. The molecule has 1 amide bonds. The van der Waals surface area contributed by atoms with Crippen LogP contribution in [0.25, 0.3) is 0 Å². The molecule has 0 saturated carbocycles. The summed E-state index contributed by atoms with van der Waals surface area (Å²) in [6, 6.07) is 0.488. The predicted molar refractivity (Wildman–Crippen MR) is 58.8 cm³/mol. The second kappa shape index (κ2) is 9.56. The average molecular weight is 187 g/mol. The van der Waals surface area contributed by atoms with E-state index in [1.165, 1.54) is 12.8 Å². The number of amides is 1. The maximum Gasteiger partial charge on any atom is 0.219 e. The first-order chi connectivity index (χ1) is 6.22. The molecule has 2 nitrogen and oxygen atoms in total. The molecule has 0 aromatic heterocycles. The van der Waals surface area contributed by atoms with Crippen LogP contribution in [0.2, 0.25) is 0 Å². The molecule has 1 saturated heterocycles. The van der Waals surface area contributed by atoms with E-state index < -0.39 is 0 Å². The highest BCUT2D eigenvalue weighted by Gasteiger charge is 2.21. The molecule has 13 heavy (non-hydrogen) atoms. The molecule has 80 valence electrons. The van der Waals surface area contributed by atoms with E-state index >= 15 is 0 Å². The Kier molecular flexibility index (Phi) is 11.0. The monoisotopic (exact) mass is 187 g/mol. The molecule has 0 radical (unpaired) electrons. The van der Waals surface area contributed by atoms with Gasteiger partial charge in [0.05, 0.1) is 0 Å². The number of carbonyl (C=O) groups excluding carboxylic acids is 1. The van der Waals surface area contributed by atoms with Gasteiger partial charge in [0.2, 0.25) is 5.91 Å². The second-order valence-electron chi connectivity index (χ2n) is 2.70. The van der Waals surface area contributed by atoms with Gasteiger partial charge in [0.25, 0.3) is 0 Å². The Bertz CT molecular complexity index is 123. The molecule has 0 N–H and O–H groups in total. The smallest absolute Gasteiger partial charge is 0.219 e. The van der Waals surface area contributed by atoms with Crippen LogP contribution in [0.5, 0.6) is 0 Å². The summed E-state index contributed by atoms with van der Waals surface area (Å²) < 4.78 is 0. The van der Waals surface area contributed by atoms with Gasteiger partial charge in [-0.25, -0.2) is 0 Å². The van der Waals surface area contributed by atoms with Crippen molar-refractivity contribution >= 4 is 5.91 Å². The third-order valence-electron chi connectivity index (χ3n) is 1.96. The number of hydrogen-bond acceptors (Lipinski definition) is 1. The van der Waals surface area contributed by atoms with Gasteiger partial charge in [-0.2, -0.15) is 0 Å². The van der Waals surface area contributed by atoms with Gasteiger partial charge in [0.15, 0.2) is 0 Å². The predicted octanol–water partition coefficient (Wildman–Crippen LogP) is 3.07. The number of carbonyl (C=O) groups is 1. The minimum atomic E-state index is 0.222. The molecule has 0 bridgehead atoms. The molecule has 1 aliphatic rings. The Morgan fingerprint density at radius 3 is 1.85 bits per heavy atom. The quantitative estimate of drug-likeness (QED) is 0.570. The fraction of sp³-hybridized carbons (Fsp3) is 0.909. The van der Waals surface area contributed by atoms with Gasteiger partial charge >= 0.3 is 0 Å². The van der Waals surface area contributed by atoms with Crippen LogP contribution in [0.1, 0.15) is 54.4 Å². The summed E-state index contributed by atoms with van der Waals surface area (Å²) in [5, 5.41) is 0. The highest BCUT2D eigenvalue weighted by Crippen LogP contribution is 2.15. The van der Waals surface area contributed by atoms with Crippen LogP contribution in [0.15, 0.2) is 0 Å². The summed E-state index contributed by atoms with van der Waals surface area (Å²) in [6.07, 6.45) is 2.36. The van der Waals surface area contributed by atoms with Crippen molar-refractivity contribution in [1.29, 1.82) is 0 Å². The van der Waals surface area contributed by atoms with Crippen LogP contribution >= 0.6 is 0 Å². The van der Waals surface area contributed by atoms with E-state index in [9.17, 15) is 4.79 Å². The average Bonchev–Trinajstić information content (AvgIpc) is 2.58. The van der Waals surface area contributed by atoms with Crippen LogP contribution in [0.3, 0.4) is 0 Å². The van der Waals surface area contributed by atoms with Crippen molar-refractivity contribution in [2.75, 3.05) is 6.54 Å². The zero-order valence-corrected chi connectivity index (χ0v) is 10.1. The van der Waals surface area contributed by atoms with Crippen molar-refractivity contribution in [3.63, 3.8) is 0 Å². The van der Waals surface area contributed by atoms with E-state index in [1.54, 1.807) is 6.92 Å². The van der Waals surface area contributed by atoms with E-state index in [-0.39, 0.29) is 5.91 Å². The first kappa shape index (κ1) is 15.0. The molecule has 1 heterocycles. The first-order valence-corrected chi connectivity index (χ1v) is 5.49. The van der Waals surface area contributed by atoms with Crippen LogP contribution in [-0.4, -0.2) is 23.4 Å². The standard InChI is InChI=1S/C7H13NO.2C2H6/c1-6-4-3-5-8(6)7(2)9;2*1-2/h6H,3-5H2,1-2H3;2*1-2H3. The molecule has 0 aliphatic carbocycles. The van der Waals surface area contributed by atoms with Crippen molar-refractivity contribution in [3.05, 3.63) is 0 Å². The van der Waals surface area contributed by atoms with Crippen LogP contribution in [0, 0.1) is 0 Å². The highest BCUT2D eigenvalue weighted by molar-refractivity contribution is 5.73. The van der Waals surface area contributed by atoms with Gasteiger partial charge in [-0.15, -0.1) is 0 Å². The normalized spacial score (nSPS) is 19.5. The summed E-state index contributed by atoms with van der Waals surface area (Å²) >= 11 is 0. The van der Waals surface area contributed by atoms with Gasteiger partial charge in [0.1, 0.15) is 0 Å². The molecule has 1 aliphatic heterocycles. The SMILES string of the molecule is CC.CC.CC(=O)N1CCCC1C. The maximum absolute atomic E-state index is 10.8. The van der Waals surface area contributed by atoms with Gasteiger partial charge in [-0.3, -0.25) is 4.79 Å². The van der Waals surface area contributed by atoms with Gasteiger partial charge in [-0.1, -0.05) is 27.7 Å². The summed E-state index contributed by atoms with van der Waals surface area (Å²) in [4.78, 5) is 12.7. The number of nitrogens with zero attached hydrogens (tertiary/aromatic N) is 1. The van der Waals surface area contributed by atoms with Crippen molar-refractivity contribution in [3.8, 4) is 0 Å². The van der Waals surface area contributed by atoms with Crippen molar-refractivity contribution in [1.82, 2.24) is 4.90 Å². The van der Waals surface area contributed by atoms with E-state index in [2.05, 4.69) is 6.92 Å². The minimum Gasteiger partial charge on any atom is -0.340 e. The first-order valence-electron chi connectivity index (χ1n) is 5.49. The van der Waals surface area contributed by atoms with Gasteiger partial charge in [-0.05, 0) is 19.8 Å². The van der Waals surface area contributed by atoms with Crippen molar-refractivity contribution < 1.29 is 4.79 Å². The molecule has 0 aromatic rings. The third kappa shape index (κ3) is 5.67. The zero-order chi connectivity index (χ0) is 10.9. The Morgan fingerprint density at radius 1 is 1.23 bits per heavy atom. The molecular weight excluding hydrogens is 162 g/mol. The molecule has 1 atom stereocenters. The molecular formula is C11H25NO. The highest BCUT2D eigenvalue weighted by atomic mass is 16.2. The minimum absolute atomic E-state index is 0.222. The number of hydrogen-bond donors (Lipinski definition) is 0. The molecule has 1 fully saturated rings.